The van der Waals surface area contributed by atoms with E-state index in [1.807, 2.05) is 42.5 Å². The molecule has 0 amide bonds. The lowest BCUT2D eigenvalue weighted by Gasteiger charge is -2.32. The van der Waals surface area contributed by atoms with Crippen molar-refractivity contribution in [1.82, 2.24) is 0 Å². The van der Waals surface area contributed by atoms with Crippen molar-refractivity contribution in [3.63, 3.8) is 0 Å². The predicted octanol–water partition coefficient (Wildman–Crippen LogP) is 12.9. The summed E-state index contributed by atoms with van der Waals surface area (Å²) in [5.74, 6) is 0. The summed E-state index contributed by atoms with van der Waals surface area (Å²) in [5, 5.41) is 0. The lowest BCUT2D eigenvalue weighted by Crippen LogP contribution is -2.24. The van der Waals surface area contributed by atoms with Crippen LogP contribution in [0.1, 0.15) is 58.2 Å². The third-order valence-corrected chi connectivity index (χ3v) is 11.9. The number of fused-ring (bicyclic) bond motifs is 4. The van der Waals surface area contributed by atoms with Crippen LogP contribution in [0.15, 0.2) is 226 Å². The molecule has 296 valence electrons. The quantitative estimate of drug-likeness (QED) is 0.119. The highest BCUT2D eigenvalue weighted by Gasteiger charge is 2.30. The predicted molar refractivity (Wildman–Crippen MR) is 260 cm³/mol. The first-order chi connectivity index (χ1) is 29.8. The third-order valence-electron chi connectivity index (χ3n) is 11.9. The Bertz CT molecular complexity index is 2820. The van der Waals surface area contributed by atoms with Crippen molar-refractivity contribution in [1.29, 1.82) is 0 Å². The van der Waals surface area contributed by atoms with Gasteiger partial charge in [0.05, 0.1) is 45.6 Å². The second-order valence-electron chi connectivity index (χ2n) is 16.1. The van der Waals surface area contributed by atoms with Crippen molar-refractivity contribution in [3.8, 4) is 0 Å². The van der Waals surface area contributed by atoms with E-state index < -0.39 is 0 Å². The number of aliphatic imine (C=N–C) groups is 4. The van der Waals surface area contributed by atoms with Crippen LogP contribution in [-0.4, -0.2) is 22.8 Å². The molecular weight excluding hydrogens is 743 g/mol. The Balaban J connectivity index is 1.32. The number of anilines is 1. The standard InChI is InChI=1S/C56H47N5/c1-6-33-56(34-7-2,35-8-3)42-21-17-40(18-22-42)54-48-29-25-44(58-48)52(38-13-9-36(4)10-14-38)46-27-31-50(60-46)55(41-19-23-43(57)24-20-41)51-32-28-47(61-51)53(45-26-30-49(54)59-45)39-15-11-37(5)12-16-39/h6-32H,1-3,33-35,57H2,4-5H3. The fourth-order valence-corrected chi connectivity index (χ4v) is 8.78. The number of hydrogen-bond acceptors (Lipinski definition) is 5. The van der Waals surface area contributed by atoms with E-state index in [0.29, 0.717) is 5.69 Å². The highest BCUT2D eigenvalue weighted by molar-refractivity contribution is 6.39. The molecule has 5 aliphatic heterocycles. The Kier molecular flexibility index (Phi) is 10.4. The first kappa shape index (κ1) is 39.0. The molecular formula is C56H47N5. The van der Waals surface area contributed by atoms with Crippen LogP contribution in [0.3, 0.4) is 0 Å². The highest BCUT2D eigenvalue weighted by Crippen LogP contribution is 2.41. The smallest absolute Gasteiger partial charge is 0.0738 e. The number of rotatable bonds is 11. The Morgan fingerprint density at radius 2 is 0.689 bits per heavy atom. The number of hydrogen-bond donors (Lipinski definition) is 1. The van der Waals surface area contributed by atoms with E-state index >= 15 is 0 Å². The number of allylic oxidation sites excluding steroid dienone is 15. The summed E-state index contributed by atoms with van der Waals surface area (Å²) in [7, 11) is 0. The molecule has 0 aromatic heterocycles. The molecule has 0 radical (unpaired) electrons. The molecule has 0 aliphatic carbocycles. The van der Waals surface area contributed by atoms with E-state index in [-0.39, 0.29) is 5.41 Å². The van der Waals surface area contributed by atoms with Gasteiger partial charge in [0, 0.05) is 33.4 Å². The average Bonchev–Trinajstić information content (AvgIpc) is 4.12. The summed E-state index contributed by atoms with van der Waals surface area (Å²) >= 11 is 0. The maximum Gasteiger partial charge on any atom is 0.0738 e. The second kappa shape index (κ2) is 16.3. The minimum Gasteiger partial charge on any atom is -0.399 e. The Hall–Kier alpha value is -7.50. The fraction of sp³-hybridized carbons (Fsp3) is 0.107. The Morgan fingerprint density at radius 1 is 0.410 bits per heavy atom. The highest BCUT2D eigenvalue weighted by atomic mass is 14.9. The zero-order chi connectivity index (χ0) is 42.1. The van der Waals surface area contributed by atoms with Gasteiger partial charge in [-0.15, -0.1) is 19.7 Å². The normalized spacial score (nSPS) is 16.7. The summed E-state index contributed by atoms with van der Waals surface area (Å²) in [4.78, 5) is 21.7. The van der Waals surface area contributed by atoms with E-state index in [1.165, 1.54) is 16.7 Å². The number of nitrogens with zero attached hydrogens (tertiary/aromatic N) is 4. The molecule has 4 aromatic rings. The summed E-state index contributed by atoms with van der Waals surface area (Å²) in [6.07, 6.45) is 25.2. The van der Waals surface area contributed by atoms with Gasteiger partial charge in [0.1, 0.15) is 0 Å². The van der Waals surface area contributed by atoms with Crippen LogP contribution < -0.4 is 5.73 Å². The van der Waals surface area contributed by atoms with Crippen molar-refractivity contribution >= 4 is 50.8 Å². The zero-order valence-corrected chi connectivity index (χ0v) is 34.7. The van der Waals surface area contributed by atoms with Crippen LogP contribution in [0, 0.1) is 13.8 Å². The number of nitrogens with two attached hydrogens (primary N) is 1. The second-order valence-corrected chi connectivity index (χ2v) is 16.1. The van der Waals surface area contributed by atoms with Gasteiger partial charge in [-0.2, -0.15) is 0 Å². The van der Waals surface area contributed by atoms with Crippen LogP contribution in [0.2, 0.25) is 0 Å². The van der Waals surface area contributed by atoms with Gasteiger partial charge in [0.2, 0.25) is 0 Å². The lowest BCUT2D eigenvalue weighted by atomic mass is 9.72. The van der Waals surface area contributed by atoms with Gasteiger partial charge in [-0.1, -0.05) is 114 Å². The molecule has 0 spiro atoms. The minimum atomic E-state index is -0.176. The third kappa shape index (κ3) is 7.40. The molecule has 61 heavy (non-hydrogen) atoms. The molecule has 9 rings (SSSR count). The minimum absolute atomic E-state index is 0.176. The zero-order valence-electron chi connectivity index (χ0n) is 34.7. The van der Waals surface area contributed by atoms with E-state index in [9.17, 15) is 0 Å². The van der Waals surface area contributed by atoms with Gasteiger partial charge in [-0.05, 0) is 122 Å². The van der Waals surface area contributed by atoms with Crippen LogP contribution in [-0.2, 0) is 5.41 Å². The fourth-order valence-electron chi connectivity index (χ4n) is 8.78. The molecule has 5 heterocycles. The summed E-state index contributed by atoms with van der Waals surface area (Å²) < 4.78 is 0. The lowest BCUT2D eigenvalue weighted by molar-refractivity contribution is 0.442. The monoisotopic (exact) mass is 789 g/mol. The first-order valence-corrected chi connectivity index (χ1v) is 20.8. The van der Waals surface area contributed by atoms with Crippen LogP contribution in [0.4, 0.5) is 5.69 Å². The average molecular weight is 790 g/mol. The SMILES string of the molecule is C=CCC(CC=C)(CC=C)c1ccc(C2=C3C=CC(=N3)C(c3ccc(C)cc3)=C3C=CC(=N3)C(c3ccc(N)cc3)=C3C=CC(=N3)C(c3ccc(C)cc3)=C3C=CC2=N3)cc1. The van der Waals surface area contributed by atoms with E-state index in [1.54, 1.807) is 0 Å². The van der Waals surface area contributed by atoms with Gasteiger partial charge >= 0.3 is 0 Å². The molecule has 5 heteroatoms. The number of nitrogen functional groups attached to an aromatic ring is 1. The summed E-state index contributed by atoms with van der Waals surface area (Å²) in [5.41, 5.74) is 24.7. The molecule has 0 fully saturated rings. The molecule has 8 bridgehead atoms. The topological polar surface area (TPSA) is 75.5 Å². The summed E-state index contributed by atoms with van der Waals surface area (Å²) in [6, 6.07) is 34.0. The molecule has 0 saturated heterocycles. The van der Waals surface area contributed by atoms with Crippen LogP contribution in [0.5, 0.6) is 0 Å². The van der Waals surface area contributed by atoms with Crippen molar-refractivity contribution < 1.29 is 0 Å². The molecule has 5 aliphatic rings. The molecule has 0 saturated carbocycles. The van der Waals surface area contributed by atoms with E-state index in [4.69, 9.17) is 25.7 Å². The maximum atomic E-state index is 6.20. The van der Waals surface area contributed by atoms with Crippen molar-refractivity contribution in [3.05, 3.63) is 245 Å². The van der Waals surface area contributed by atoms with Crippen molar-refractivity contribution in [2.75, 3.05) is 5.73 Å². The number of benzene rings is 4. The largest absolute Gasteiger partial charge is 0.399 e. The van der Waals surface area contributed by atoms with Crippen LogP contribution >= 0.6 is 0 Å². The molecule has 2 N–H and O–H groups in total. The number of aryl methyl sites for hydroxylation is 2. The van der Waals surface area contributed by atoms with Gasteiger partial charge < -0.3 is 5.73 Å². The Labute approximate surface area is 359 Å². The van der Waals surface area contributed by atoms with E-state index in [2.05, 4.69) is 155 Å². The van der Waals surface area contributed by atoms with Gasteiger partial charge in [0.15, 0.2) is 0 Å². The van der Waals surface area contributed by atoms with Crippen molar-refractivity contribution in [2.24, 2.45) is 20.0 Å². The van der Waals surface area contributed by atoms with E-state index in [0.717, 1.165) is 109 Å². The van der Waals surface area contributed by atoms with Crippen molar-refractivity contribution in [2.45, 2.75) is 38.5 Å². The maximum absolute atomic E-state index is 6.20. The molecule has 4 aromatic carbocycles. The Morgan fingerprint density at radius 3 is 0.984 bits per heavy atom. The van der Waals surface area contributed by atoms with Gasteiger partial charge in [0.25, 0.3) is 0 Å². The van der Waals surface area contributed by atoms with Crippen LogP contribution in [0.25, 0.3) is 22.3 Å². The molecule has 0 atom stereocenters. The van der Waals surface area contributed by atoms with Gasteiger partial charge in [-0.3, -0.25) is 0 Å². The first-order valence-electron chi connectivity index (χ1n) is 20.8. The molecule has 5 nitrogen and oxygen atoms in total. The summed E-state index contributed by atoms with van der Waals surface area (Å²) in [6.45, 7) is 16.5. The molecule has 0 unspecified atom stereocenters. The van der Waals surface area contributed by atoms with Gasteiger partial charge in [-0.25, -0.2) is 20.0 Å².